The Bertz CT molecular complexity index is 671. The third kappa shape index (κ3) is 2.18. The van der Waals surface area contributed by atoms with Crippen LogP contribution < -0.4 is 5.43 Å². The molecule has 0 N–H and O–H groups in total. The highest BCUT2D eigenvalue weighted by molar-refractivity contribution is 7.80. The quantitative estimate of drug-likeness (QED) is 0.858. The molecule has 2 heterocycles. The molecule has 0 amide bonds. The molecular formula is C14H14O4S. The smallest absolute Gasteiger partial charge is 0.192 e. The van der Waals surface area contributed by atoms with Gasteiger partial charge in [0.15, 0.2) is 11.7 Å². The Morgan fingerprint density at radius 2 is 2.05 bits per heavy atom. The molecule has 1 aliphatic rings. The minimum Gasteiger partial charge on any atom is -0.460 e. The normalized spacial score (nSPS) is 16.3. The first kappa shape index (κ1) is 12.7. The lowest BCUT2D eigenvalue weighted by Crippen LogP contribution is -2.07. The first-order valence-electron chi connectivity index (χ1n) is 6.22. The van der Waals surface area contributed by atoms with Gasteiger partial charge in [-0.15, -0.1) is 12.6 Å². The van der Waals surface area contributed by atoms with Crippen LogP contribution in [-0.2, 0) is 15.9 Å². The summed E-state index contributed by atoms with van der Waals surface area (Å²) >= 11 is 4.42. The zero-order chi connectivity index (χ0) is 13.4. The molecule has 0 atom stereocenters. The van der Waals surface area contributed by atoms with E-state index in [4.69, 9.17) is 13.9 Å². The number of thiol groups is 1. The van der Waals surface area contributed by atoms with Crippen LogP contribution in [-0.4, -0.2) is 13.2 Å². The van der Waals surface area contributed by atoms with Gasteiger partial charge in [-0.1, -0.05) is 6.92 Å². The van der Waals surface area contributed by atoms with Crippen LogP contribution in [0.3, 0.4) is 0 Å². The van der Waals surface area contributed by atoms with Crippen molar-refractivity contribution < 1.29 is 13.9 Å². The maximum Gasteiger partial charge on any atom is 0.192 e. The molecule has 19 heavy (non-hydrogen) atoms. The van der Waals surface area contributed by atoms with Gasteiger partial charge in [-0.25, -0.2) is 0 Å². The summed E-state index contributed by atoms with van der Waals surface area (Å²) in [5.74, 6) is 0.649. The van der Waals surface area contributed by atoms with Gasteiger partial charge in [0.05, 0.1) is 24.2 Å². The van der Waals surface area contributed by atoms with E-state index >= 15 is 0 Å². The van der Waals surface area contributed by atoms with Crippen molar-refractivity contribution in [1.82, 2.24) is 0 Å². The zero-order valence-corrected chi connectivity index (χ0v) is 11.4. The second kappa shape index (κ2) is 5.00. The van der Waals surface area contributed by atoms with Crippen molar-refractivity contribution in [2.24, 2.45) is 0 Å². The number of hydrogen-bond donors (Lipinski definition) is 1. The lowest BCUT2D eigenvalue weighted by molar-refractivity contribution is -0.0454. The molecule has 5 heteroatoms. The van der Waals surface area contributed by atoms with Crippen LogP contribution in [0.2, 0.25) is 0 Å². The number of rotatable bonds is 2. The zero-order valence-electron chi connectivity index (χ0n) is 10.5. The third-order valence-electron chi connectivity index (χ3n) is 3.17. The molecule has 1 aromatic heterocycles. The van der Waals surface area contributed by atoms with Crippen molar-refractivity contribution in [3.63, 3.8) is 0 Å². The Morgan fingerprint density at radius 1 is 1.32 bits per heavy atom. The summed E-state index contributed by atoms with van der Waals surface area (Å²) in [6.07, 6.45) is 0.153. The summed E-state index contributed by atoms with van der Waals surface area (Å²) in [6.45, 7) is 3.01. The predicted molar refractivity (Wildman–Crippen MR) is 73.8 cm³/mol. The lowest BCUT2D eigenvalue weighted by Gasteiger charge is -2.14. The van der Waals surface area contributed by atoms with Crippen LogP contribution in [0.4, 0.5) is 0 Å². The molecule has 0 aliphatic carbocycles. The van der Waals surface area contributed by atoms with Gasteiger partial charge in [-0.2, -0.15) is 0 Å². The fourth-order valence-electron chi connectivity index (χ4n) is 2.20. The van der Waals surface area contributed by atoms with Gasteiger partial charge >= 0.3 is 0 Å². The van der Waals surface area contributed by atoms with Crippen molar-refractivity contribution in [2.75, 3.05) is 13.2 Å². The standard InChI is InChI=1S/C14H14O4S/c1-2-8-7-10(15)9-3-4-11(19)12(13(9)18-8)14-16-5-6-17-14/h3-4,7,14,19H,2,5-6H2,1H3. The first-order valence-corrected chi connectivity index (χ1v) is 6.67. The van der Waals surface area contributed by atoms with Gasteiger partial charge in [0.1, 0.15) is 11.3 Å². The van der Waals surface area contributed by atoms with Crippen LogP contribution in [0, 0.1) is 0 Å². The minimum absolute atomic E-state index is 0.0503. The lowest BCUT2D eigenvalue weighted by atomic mass is 10.1. The van der Waals surface area contributed by atoms with Gasteiger partial charge in [-0.05, 0) is 12.1 Å². The minimum atomic E-state index is -0.508. The van der Waals surface area contributed by atoms with Gasteiger partial charge in [0.25, 0.3) is 0 Å². The molecule has 0 saturated carbocycles. The van der Waals surface area contributed by atoms with E-state index in [9.17, 15) is 4.79 Å². The van der Waals surface area contributed by atoms with E-state index in [0.717, 1.165) is 0 Å². The van der Waals surface area contributed by atoms with Crippen molar-refractivity contribution in [1.29, 1.82) is 0 Å². The number of hydrogen-bond acceptors (Lipinski definition) is 5. The van der Waals surface area contributed by atoms with Crippen molar-refractivity contribution in [3.8, 4) is 0 Å². The molecule has 100 valence electrons. The van der Waals surface area contributed by atoms with Gasteiger partial charge in [0.2, 0.25) is 0 Å². The Labute approximate surface area is 115 Å². The molecule has 1 aromatic carbocycles. The van der Waals surface area contributed by atoms with Gasteiger partial charge in [-0.3, -0.25) is 4.79 Å². The fraction of sp³-hybridized carbons (Fsp3) is 0.357. The molecule has 3 rings (SSSR count). The number of ether oxygens (including phenoxy) is 2. The van der Waals surface area contributed by atoms with Gasteiger partial charge in [0, 0.05) is 17.4 Å². The second-order valence-corrected chi connectivity index (χ2v) is 4.86. The van der Waals surface area contributed by atoms with Crippen molar-refractivity contribution in [2.45, 2.75) is 24.5 Å². The highest BCUT2D eigenvalue weighted by atomic mass is 32.1. The van der Waals surface area contributed by atoms with Crippen molar-refractivity contribution >= 4 is 23.6 Å². The SMILES string of the molecule is CCc1cc(=O)c2ccc(S)c(C3OCCO3)c2o1. The van der Waals surface area contributed by atoms with Crippen LogP contribution in [0.25, 0.3) is 11.0 Å². The molecule has 4 nitrogen and oxygen atoms in total. The molecule has 0 spiro atoms. The molecular weight excluding hydrogens is 264 g/mol. The summed E-state index contributed by atoms with van der Waals surface area (Å²) < 4.78 is 16.8. The number of fused-ring (bicyclic) bond motifs is 1. The highest BCUT2D eigenvalue weighted by Gasteiger charge is 2.25. The monoisotopic (exact) mass is 278 g/mol. The van der Waals surface area contributed by atoms with Crippen LogP contribution in [0.1, 0.15) is 24.5 Å². The molecule has 2 aromatic rings. The molecule has 0 unspecified atom stereocenters. The summed E-state index contributed by atoms with van der Waals surface area (Å²) in [5.41, 5.74) is 1.17. The van der Waals surface area contributed by atoms with E-state index in [1.54, 1.807) is 12.1 Å². The Morgan fingerprint density at radius 3 is 2.74 bits per heavy atom. The third-order valence-corrected chi connectivity index (χ3v) is 3.56. The predicted octanol–water partition coefficient (Wildman–Crippen LogP) is 2.69. The van der Waals surface area contributed by atoms with Crippen LogP contribution in [0.5, 0.6) is 0 Å². The van der Waals surface area contributed by atoms with E-state index in [-0.39, 0.29) is 5.43 Å². The largest absolute Gasteiger partial charge is 0.460 e. The van der Waals surface area contributed by atoms with Crippen LogP contribution >= 0.6 is 12.6 Å². The Kier molecular flexibility index (Phi) is 3.35. The van der Waals surface area contributed by atoms with Gasteiger partial charge < -0.3 is 13.9 Å². The second-order valence-electron chi connectivity index (χ2n) is 4.38. The summed E-state index contributed by atoms with van der Waals surface area (Å²) in [5, 5.41) is 0.532. The summed E-state index contributed by atoms with van der Waals surface area (Å²) in [6, 6.07) is 5.02. The molecule has 0 radical (unpaired) electrons. The maximum absolute atomic E-state index is 12.1. The van der Waals surface area contributed by atoms with E-state index in [1.165, 1.54) is 6.07 Å². The highest BCUT2D eigenvalue weighted by Crippen LogP contribution is 2.34. The number of benzene rings is 1. The average molecular weight is 278 g/mol. The Balaban J connectivity index is 2.31. The molecule has 1 aliphatic heterocycles. The molecule has 1 saturated heterocycles. The number of aryl methyl sites for hydroxylation is 1. The van der Waals surface area contributed by atoms with Crippen LogP contribution in [0.15, 0.2) is 32.3 Å². The molecule has 0 bridgehead atoms. The maximum atomic E-state index is 12.1. The van der Waals surface area contributed by atoms with Crippen molar-refractivity contribution in [3.05, 3.63) is 39.7 Å². The molecule has 1 fully saturated rings. The summed E-state index contributed by atoms with van der Waals surface area (Å²) in [7, 11) is 0. The Hall–Kier alpha value is -1.30. The van der Waals surface area contributed by atoms with E-state index in [1.807, 2.05) is 6.92 Å². The van der Waals surface area contributed by atoms with E-state index < -0.39 is 6.29 Å². The topological polar surface area (TPSA) is 48.7 Å². The van der Waals surface area contributed by atoms with E-state index in [2.05, 4.69) is 12.6 Å². The fourth-order valence-corrected chi connectivity index (χ4v) is 2.49. The average Bonchev–Trinajstić information content (AvgIpc) is 2.91. The van der Waals surface area contributed by atoms with E-state index in [0.29, 0.717) is 46.8 Å². The summed E-state index contributed by atoms with van der Waals surface area (Å²) in [4.78, 5) is 12.8. The first-order chi connectivity index (χ1) is 9.20.